The Bertz CT molecular complexity index is 1140. The number of β-amino-alcohol motifs (C(OH)–C–C–N with tert-alkyl or cyclic N) is 1. The van der Waals surface area contributed by atoms with Crippen LogP contribution in [-0.2, 0) is 13.6 Å². The molecule has 1 aliphatic heterocycles. The van der Waals surface area contributed by atoms with Crippen molar-refractivity contribution in [2.45, 2.75) is 25.5 Å². The Morgan fingerprint density at radius 1 is 1.03 bits per heavy atom. The van der Waals surface area contributed by atoms with Crippen molar-refractivity contribution in [3.63, 3.8) is 0 Å². The zero-order valence-corrected chi connectivity index (χ0v) is 17.4. The SMILES string of the molecule is Cn1c(-c2c(-c3ccccc3)ncn2CCN2CCCC(O)C2)cc2ccccc21. The van der Waals surface area contributed by atoms with Crippen LogP contribution in [0.5, 0.6) is 0 Å². The second-order valence-corrected chi connectivity index (χ2v) is 8.25. The van der Waals surface area contributed by atoms with Crippen LogP contribution in [0.1, 0.15) is 12.8 Å². The highest BCUT2D eigenvalue weighted by Crippen LogP contribution is 2.34. The molecule has 154 valence electrons. The quantitative estimate of drug-likeness (QED) is 0.547. The van der Waals surface area contributed by atoms with Crippen LogP contribution in [0.3, 0.4) is 0 Å². The molecule has 1 fully saturated rings. The van der Waals surface area contributed by atoms with Crippen LogP contribution in [0.2, 0.25) is 0 Å². The van der Waals surface area contributed by atoms with E-state index in [1.165, 1.54) is 16.6 Å². The molecule has 5 nitrogen and oxygen atoms in total. The van der Waals surface area contributed by atoms with Crippen LogP contribution in [0.15, 0.2) is 67.0 Å². The summed E-state index contributed by atoms with van der Waals surface area (Å²) in [5.74, 6) is 0. The van der Waals surface area contributed by atoms with Crippen molar-refractivity contribution in [1.82, 2.24) is 19.0 Å². The molecule has 0 aliphatic carbocycles. The zero-order chi connectivity index (χ0) is 20.5. The number of para-hydroxylation sites is 1. The summed E-state index contributed by atoms with van der Waals surface area (Å²) in [5.41, 5.74) is 5.69. The standard InChI is InChI=1S/C25H28N4O/c1-27-22-12-6-5-10-20(22)16-23(27)25-24(19-8-3-2-4-9-19)26-18-29(25)15-14-28-13-7-11-21(30)17-28/h2-6,8-10,12,16,18,21,30H,7,11,13-15,17H2,1H3. The van der Waals surface area contributed by atoms with Crippen molar-refractivity contribution in [3.05, 3.63) is 67.0 Å². The molecule has 3 heterocycles. The van der Waals surface area contributed by atoms with E-state index >= 15 is 0 Å². The maximum Gasteiger partial charge on any atom is 0.0978 e. The van der Waals surface area contributed by atoms with Crippen LogP contribution in [0.4, 0.5) is 0 Å². The van der Waals surface area contributed by atoms with Crippen LogP contribution in [-0.4, -0.2) is 49.9 Å². The van der Waals surface area contributed by atoms with Crippen LogP contribution >= 0.6 is 0 Å². The van der Waals surface area contributed by atoms with Crippen molar-refractivity contribution in [3.8, 4) is 22.6 Å². The van der Waals surface area contributed by atoms with E-state index in [2.05, 4.69) is 75.7 Å². The van der Waals surface area contributed by atoms with Gasteiger partial charge in [0.15, 0.2) is 0 Å². The van der Waals surface area contributed by atoms with E-state index in [0.717, 1.165) is 56.0 Å². The fraction of sp³-hybridized carbons (Fsp3) is 0.320. The Morgan fingerprint density at radius 2 is 1.83 bits per heavy atom. The lowest BCUT2D eigenvalue weighted by Gasteiger charge is -2.30. The largest absolute Gasteiger partial charge is 0.392 e. The number of aliphatic hydroxyl groups is 1. The van der Waals surface area contributed by atoms with E-state index in [-0.39, 0.29) is 6.10 Å². The van der Waals surface area contributed by atoms with Crippen molar-refractivity contribution < 1.29 is 5.11 Å². The Morgan fingerprint density at radius 3 is 2.63 bits per heavy atom. The monoisotopic (exact) mass is 400 g/mol. The third-order valence-electron chi connectivity index (χ3n) is 6.22. The fourth-order valence-corrected chi connectivity index (χ4v) is 4.63. The lowest BCUT2D eigenvalue weighted by Crippen LogP contribution is -2.39. The number of hydrogen-bond acceptors (Lipinski definition) is 3. The molecule has 1 unspecified atom stereocenters. The van der Waals surface area contributed by atoms with Gasteiger partial charge in [0.1, 0.15) is 0 Å². The summed E-state index contributed by atoms with van der Waals surface area (Å²) in [6, 6.07) is 21.2. The minimum atomic E-state index is -0.195. The average molecular weight is 401 g/mol. The van der Waals surface area contributed by atoms with Gasteiger partial charge in [-0.15, -0.1) is 0 Å². The molecule has 4 aromatic rings. The molecule has 0 radical (unpaired) electrons. The summed E-state index contributed by atoms with van der Waals surface area (Å²) >= 11 is 0. The molecule has 5 rings (SSSR count). The van der Waals surface area contributed by atoms with Crippen LogP contribution < -0.4 is 0 Å². The van der Waals surface area contributed by atoms with Gasteiger partial charge < -0.3 is 14.2 Å². The van der Waals surface area contributed by atoms with Crippen molar-refractivity contribution in [2.75, 3.05) is 19.6 Å². The minimum absolute atomic E-state index is 0.195. The third kappa shape index (κ3) is 3.55. The molecule has 0 saturated carbocycles. The van der Waals surface area contributed by atoms with Gasteiger partial charge in [-0.3, -0.25) is 4.90 Å². The minimum Gasteiger partial charge on any atom is -0.392 e. The maximum absolute atomic E-state index is 10.0. The molecule has 2 aromatic carbocycles. The summed E-state index contributed by atoms with van der Waals surface area (Å²) in [5, 5.41) is 11.3. The maximum atomic E-state index is 10.0. The van der Waals surface area contributed by atoms with E-state index in [1.807, 2.05) is 12.4 Å². The van der Waals surface area contributed by atoms with Gasteiger partial charge in [-0.25, -0.2) is 4.98 Å². The normalized spacial score (nSPS) is 17.6. The zero-order valence-electron chi connectivity index (χ0n) is 17.4. The Kier molecular flexibility index (Phi) is 5.15. The van der Waals surface area contributed by atoms with E-state index < -0.39 is 0 Å². The van der Waals surface area contributed by atoms with E-state index in [1.54, 1.807) is 0 Å². The highest BCUT2D eigenvalue weighted by molar-refractivity contribution is 5.89. The van der Waals surface area contributed by atoms with E-state index in [9.17, 15) is 5.11 Å². The molecule has 5 heteroatoms. The van der Waals surface area contributed by atoms with Gasteiger partial charge in [0.05, 0.1) is 29.5 Å². The number of aliphatic hydroxyl groups excluding tert-OH is 1. The molecule has 1 N–H and O–H groups in total. The summed E-state index contributed by atoms with van der Waals surface area (Å²) < 4.78 is 4.54. The molecule has 0 amide bonds. The Balaban J connectivity index is 1.56. The third-order valence-corrected chi connectivity index (χ3v) is 6.22. The predicted molar refractivity (Wildman–Crippen MR) is 121 cm³/mol. The van der Waals surface area contributed by atoms with Crippen molar-refractivity contribution >= 4 is 10.9 Å². The summed E-state index contributed by atoms with van der Waals surface area (Å²) in [4.78, 5) is 7.20. The number of piperidine rings is 1. The van der Waals surface area contributed by atoms with Gasteiger partial charge in [0.25, 0.3) is 0 Å². The van der Waals surface area contributed by atoms with Crippen LogP contribution in [0, 0.1) is 0 Å². The van der Waals surface area contributed by atoms with Gasteiger partial charge in [-0.2, -0.15) is 0 Å². The van der Waals surface area contributed by atoms with Crippen LogP contribution in [0.25, 0.3) is 33.5 Å². The van der Waals surface area contributed by atoms with Gasteiger partial charge in [-0.05, 0) is 31.5 Å². The molecule has 0 bridgehead atoms. The van der Waals surface area contributed by atoms with Gasteiger partial charge in [-0.1, -0.05) is 48.5 Å². The number of imidazole rings is 1. The number of aromatic nitrogens is 3. The second kappa shape index (κ2) is 8.09. The molecular formula is C25H28N4O. The lowest BCUT2D eigenvalue weighted by atomic mass is 10.1. The second-order valence-electron chi connectivity index (χ2n) is 8.25. The fourth-order valence-electron chi connectivity index (χ4n) is 4.63. The molecular weight excluding hydrogens is 372 g/mol. The first-order chi connectivity index (χ1) is 14.7. The lowest BCUT2D eigenvalue weighted by molar-refractivity contribution is 0.0690. The highest BCUT2D eigenvalue weighted by atomic mass is 16.3. The molecule has 0 spiro atoms. The first-order valence-electron chi connectivity index (χ1n) is 10.8. The number of likely N-dealkylation sites (tertiary alicyclic amines) is 1. The number of benzene rings is 2. The molecule has 1 saturated heterocycles. The number of fused-ring (bicyclic) bond motifs is 1. The Hall–Kier alpha value is -2.89. The van der Waals surface area contributed by atoms with Gasteiger partial charge >= 0.3 is 0 Å². The first kappa shape index (κ1) is 19.1. The molecule has 2 aromatic heterocycles. The predicted octanol–water partition coefficient (Wildman–Crippen LogP) is 4.17. The van der Waals surface area contributed by atoms with Crippen molar-refractivity contribution in [2.24, 2.45) is 7.05 Å². The molecule has 1 atom stereocenters. The summed E-state index contributed by atoms with van der Waals surface area (Å²) in [7, 11) is 2.13. The number of rotatable bonds is 5. The number of hydrogen-bond donors (Lipinski definition) is 1. The summed E-state index contributed by atoms with van der Waals surface area (Å²) in [6.45, 7) is 3.59. The number of nitrogens with zero attached hydrogens (tertiary/aromatic N) is 4. The van der Waals surface area contributed by atoms with Gasteiger partial charge in [0.2, 0.25) is 0 Å². The average Bonchev–Trinajstić information content (AvgIpc) is 3.34. The topological polar surface area (TPSA) is 46.2 Å². The highest BCUT2D eigenvalue weighted by Gasteiger charge is 2.21. The van der Waals surface area contributed by atoms with Gasteiger partial charge in [0, 0.05) is 43.1 Å². The smallest absolute Gasteiger partial charge is 0.0978 e. The van der Waals surface area contributed by atoms with Crippen molar-refractivity contribution in [1.29, 1.82) is 0 Å². The molecule has 1 aliphatic rings. The van der Waals surface area contributed by atoms with E-state index in [4.69, 9.17) is 4.98 Å². The molecule has 30 heavy (non-hydrogen) atoms. The number of aryl methyl sites for hydroxylation is 1. The Labute approximate surface area is 177 Å². The summed E-state index contributed by atoms with van der Waals surface area (Å²) in [6.07, 6.45) is 3.76. The van der Waals surface area contributed by atoms with E-state index in [0.29, 0.717) is 0 Å². The first-order valence-corrected chi connectivity index (χ1v) is 10.8.